The number of rotatable bonds is 11. The summed E-state index contributed by atoms with van der Waals surface area (Å²) in [4.78, 5) is 0. The maximum atomic E-state index is 12.9. The Bertz CT molecular complexity index is 266. The monoisotopic (exact) mass is 306 g/mol. The van der Waals surface area contributed by atoms with E-state index in [1.165, 1.54) is 25.7 Å². The highest BCUT2D eigenvalue weighted by atomic mass is 19.4. The van der Waals surface area contributed by atoms with Gasteiger partial charge in [-0.15, -0.1) is 0 Å². The van der Waals surface area contributed by atoms with Crippen LogP contribution in [-0.2, 0) is 0 Å². The van der Waals surface area contributed by atoms with Gasteiger partial charge < -0.3 is 0 Å². The van der Waals surface area contributed by atoms with Crippen molar-refractivity contribution in [3.63, 3.8) is 0 Å². The lowest BCUT2D eigenvalue weighted by Crippen LogP contribution is -2.41. The Balaban J connectivity index is 2.53. The van der Waals surface area contributed by atoms with Crippen LogP contribution in [-0.4, -0.2) is 6.18 Å². The molecule has 0 aromatic rings. The molecular formula is C18H33F3. The number of hydrogen-bond acceptors (Lipinski definition) is 0. The predicted octanol–water partition coefficient (Wildman–Crippen LogP) is 7.28. The Morgan fingerprint density at radius 3 is 1.90 bits per heavy atom. The fourth-order valence-corrected chi connectivity index (χ4v) is 3.96. The molecule has 1 rings (SSSR count). The first-order valence-corrected chi connectivity index (χ1v) is 9.00. The van der Waals surface area contributed by atoms with Gasteiger partial charge in [0.05, 0.1) is 0 Å². The predicted molar refractivity (Wildman–Crippen MR) is 83.3 cm³/mol. The maximum Gasteiger partial charge on any atom is 0.389 e. The van der Waals surface area contributed by atoms with E-state index < -0.39 is 18.0 Å². The summed E-state index contributed by atoms with van der Waals surface area (Å²) in [6, 6.07) is 0. The molecule has 0 amide bonds. The lowest BCUT2D eigenvalue weighted by Gasteiger charge is -2.49. The molecule has 1 saturated carbocycles. The minimum absolute atomic E-state index is 0.300. The second-order valence-corrected chi connectivity index (χ2v) is 7.05. The van der Waals surface area contributed by atoms with Crippen molar-refractivity contribution in [1.29, 1.82) is 0 Å². The van der Waals surface area contributed by atoms with Crippen LogP contribution >= 0.6 is 0 Å². The van der Waals surface area contributed by atoms with Crippen LogP contribution in [0.4, 0.5) is 13.2 Å². The Hall–Kier alpha value is -0.210. The Kier molecular flexibility index (Phi) is 8.12. The number of hydrogen-bond donors (Lipinski definition) is 0. The van der Waals surface area contributed by atoms with E-state index in [0.29, 0.717) is 5.92 Å². The number of alkyl halides is 3. The molecule has 0 aromatic carbocycles. The van der Waals surface area contributed by atoms with Crippen molar-refractivity contribution in [2.45, 2.75) is 103 Å². The summed E-state index contributed by atoms with van der Waals surface area (Å²) in [5, 5.41) is 0. The third-order valence-electron chi connectivity index (χ3n) is 5.33. The highest BCUT2D eigenvalue weighted by molar-refractivity contribution is 4.94. The zero-order valence-corrected chi connectivity index (χ0v) is 13.9. The van der Waals surface area contributed by atoms with Gasteiger partial charge in [-0.2, -0.15) is 13.2 Å². The Morgan fingerprint density at radius 1 is 0.857 bits per heavy atom. The lowest BCUT2D eigenvalue weighted by molar-refractivity contribution is -0.181. The number of unbranched alkanes of at least 4 members (excludes halogenated alkanes) is 5. The minimum Gasteiger partial charge on any atom is -0.171 e. The molecule has 0 N–H and O–H groups in total. The second kappa shape index (κ2) is 9.05. The van der Waals surface area contributed by atoms with Crippen molar-refractivity contribution in [1.82, 2.24) is 0 Å². The first-order valence-electron chi connectivity index (χ1n) is 9.00. The van der Waals surface area contributed by atoms with Crippen LogP contribution in [0.2, 0.25) is 0 Å². The zero-order valence-electron chi connectivity index (χ0n) is 13.9. The molecule has 0 bridgehead atoms. The van der Waals surface area contributed by atoms with Crippen LogP contribution in [0.15, 0.2) is 0 Å². The summed E-state index contributed by atoms with van der Waals surface area (Å²) in [6.45, 7) is 4.33. The van der Waals surface area contributed by atoms with Gasteiger partial charge in [-0.05, 0) is 37.0 Å². The summed E-state index contributed by atoms with van der Waals surface area (Å²) >= 11 is 0. The third-order valence-corrected chi connectivity index (χ3v) is 5.33. The molecule has 0 nitrogen and oxygen atoms in total. The molecule has 1 fully saturated rings. The molecule has 1 aliphatic carbocycles. The molecule has 0 aromatic heterocycles. The van der Waals surface area contributed by atoms with Gasteiger partial charge in [0.15, 0.2) is 0 Å². The average Bonchev–Trinajstić information content (AvgIpc) is 2.36. The first kappa shape index (κ1) is 18.8. The van der Waals surface area contributed by atoms with Crippen LogP contribution in [0.5, 0.6) is 0 Å². The molecule has 21 heavy (non-hydrogen) atoms. The molecule has 0 aliphatic heterocycles. The van der Waals surface area contributed by atoms with Crippen molar-refractivity contribution in [3.05, 3.63) is 0 Å². The van der Waals surface area contributed by atoms with E-state index in [4.69, 9.17) is 0 Å². The highest BCUT2D eigenvalue weighted by Gasteiger charge is 2.49. The summed E-state index contributed by atoms with van der Waals surface area (Å²) in [7, 11) is 0. The molecule has 0 spiro atoms. The summed E-state index contributed by atoms with van der Waals surface area (Å²) in [6.07, 6.45) is 8.28. The van der Waals surface area contributed by atoms with Gasteiger partial charge in [0.2, 0.25) is 0 Å². The molecular weight excluding hydrogens is 273 g/mol. The zero-order chi connectivity index (χ0) is 15.8. The van der Waals surface area contributed by atoms with Gasteiger partial charge in [-0.25, -0.2) is 0 Å². The van der Waals surface area contributed by atoms with Gasteiger partial charge >= 0.3 is 6.18 Å². The van der Waals surface area contributed by atoms with Crippen molar-refractivity contribution >= 4 is 0 Å². The molecule has 0 radical (unpaired) electrons. The molecule has 3 heteroatoms. The fourth-order valence-electron chi connectivity index (χ4n) is 3.96. The number of halogens is 3. The Morgan fingerprint density at radius 2 is 1.43 bits per heavy atom. The van der Waals surface area contributed by atoms with Crippen LogP contribution in [0.3, 0.4) is 0 Å². The van der Waals surface area contributed by atoms with Gasteiger partial charge in [0.25, 0.3) is 0 Å². The smallest absolute Gasteiger partial charge is 0.171 e. The van der Waals surface area contributed by atoms with Gasteiger partial charge in [-0.3, -0.25) is 0 Å². The van der Waals surface area contributed by atoms with E-state index in [0.717, 1.165) is 51.4 Å². The van der Waals surface area contributed by atoms with Gasteiger partial charge in [0, 0.05) is 6.42 Å². The molecule has 0 heterocycles. The van der Waals surface area contributed by atoms with E-state index in [2.05, 4.69) is 13.8 Å². The van der Waals surface area contributed by atoms with Crippen molar-refractivity contribution in [2.75, 3.05) is 0 Å². The SMILES string of the molecule is CCCCCCCC(CCCC)C1(CC(F)(F)F)CCC1. The normalized spacial score (nSPS) is 19.3. The Labute approximate surface area is 128 Å². The molecule has 126 valence electrons. The minimum atomic E-state index is -3.99. The van der Waals surface area contributed by atoms with Crippen molar-refractivity contribution in [3.8, 4) is 0 Å². The van der Waals surface area contributed by atoms with Gasteiger partial charge in [-0.1, -0.05) is 65.2 Å². The van der Waals surface area contributed by atoms with E-state index in [1.807, 2.05) is 0 Å². The first-order chi connectivity index (χ1) is 9.93. The van der Waals surface area contributed by atoms with E-state index >= 15 is 0 Å². The van der Waals surface area contributed by atoms with Crippen LogP contribution < -0.4 is 0 Å². The molecule has 0 saturated heterocycles. The summed E-state index contributed by atoms with van der Waals surface area (Å²) in [5.74, 6) is 0.300. The standard InChI is InChI=1S/C18H33F3/c1-3-5-7-8-9-12-16(11-6-4-2)17(13-10-14-17)15-18(19,20)21/h16H,3-15H2,1-2H3. The van der Waals surface area contributed by atoms with Crippen molar-refractivity contribution < 1.29 is 13.2 Å². The quantitative estimate of drug-likeness (QED) is 0.352. The lowest BCUT2D eigenvalue weighted by atomic mass is 9.57. The van der Waals surface area contributed by atoms with E-state index in [9.17, 15) is 13.2 Å². The molecule has 1 unspecified atom stereocenters. The maximum absolute atomic E-state index is 12.9. The molecule has 1 aliphatic rings. The van der Waals surface area contributed by atoms with Crippen LogP contribution in [0, 0.1) is 11.3 Å². The van der Waals surface area contributed by atoms with E-state index in [-0.39, 0.29) is 0 Å². The van der Waals surface area contributed by atoms with E-state index in [1.54, 1.807) is 0 Å². The van der Waals surface area contributed by atoms with Gasteiger partial charge in [0.1, 0.15) is 0 Å². The average molecular weight is 306 g/mol. The molecule has 1 atom stereocenters. The van der Waals surface area contributed by atoms with Crippen LogP contribution in [0.25, 0.3) is 0 Å². The third kappa shape index (κ3) is 6.61. The second-order valence-electron chi connectivity index (χ2n) is 7.05. The van der Waals surface area contributed by atoms with Crippen molar-refractivity contribution in [2.24, 2.45) is 11.3 Å². The summed E-state index contributed by atoms with van der Waals surface area (Å²) < 4.78 is 38.8. The largest absolute Gasteiger partial charge is 0.389 e. The fraction of sp³-hybridized carbons (Fsp3) is 1.00. The topological polar surface area (TPSA) is 0 Å². The van der Waals surface area contributed by atoms with Crippen LogP contribution in [0.1, 0.15) is 97.3 Å². The summed E-state index contributed by atoms with van der Waals surface area (Å²) in [5.41, 5.74) is -0.405. The highest BCUT2D eigenvalue weighted by Crippen LogP contribution is 2.56.